The number of rotatable bonds is 5. The van der Waals surface area contributed by atoms with E-state index in [9.17, 15) is 9.59 Å². The van der Waals surface area contributed by atoms with Crippen LogP contribution in [0.3, 0.4) is 0 Å². The van der Waals surface area contributed by atoms with Gasteiger partial charge in [-0.15, -0.1) is 0 Å². The number of ether oxygens (including phenoxy) is 1. The monoisotopic (exact) mass is 310 g/mol. The molecule has 0 N–H and O–H groups in total. The van der Waals surface area contributed by atoms with Crippen molar-refractivity contribution in [3.63, 3.8) is 0 Å². The van der Waals surface area contributed by atoms with Crippen LogP contribution >= 0.6 is 11.6 Å². The van der Waals surface area contributed by atoms with Gasteiger partial charge in [0, 0.05) is 26.2 Å². The topological polar surface area (TPSA) is 49.9 Å². The third-order valence-electron chi connectivity index (χ3n) is 3.53. The van der Waals surface area contributed by atoms with Crippen molar-refractivity contribution in [3.8, 4) is 5.75 Å². The summed E-state index contributed by atoms with van der Waals surface area (Å²) in [5.41, 5.74) is 0. The van der Waals surface area contributed by atoms with E-state index in [1.807, 2.05) is 19.1 Å². The zero-order valence-electron chi connectivity index (χ0n) is 12.0. The van der Waals surface area contributed by atoms with E-state index >= 15 is 0 Å². The number of halogens is 1. The molecule has 0 saturated carbocycles. The Morgan fingerprint density at radius 1 is 1.33 bits per heavy atom. The van der Waals surface area contributed by atoms with Crippen molar-refractivity contribution in [3.05, 3.63) is 29.3 Å². The van der Waals surface area contributed by atoms with Crippen LogP contribution in [0.15, 0.2) is 24.3 Å². The van der Waals surface area contributed by atoms with Gasteiger partial charge >= 0.3 is 0 Å². The van der Waals surface area contributed by atoms with E-state index < -0.39 is 6.10 Å². The summed E-state index contributed by atoms with van der Waals surface area (Å²) in [6, 6.07) is 7.12. The normalized spacial score (nSPS) is 16.5. The van der Waals surface area contributed by atoms with Crippen LogP contribution in [-0.2, 0) is 9.59 Å². The van der Waals surface area contributed by atoms with Gasteiger partial charge in [0.15, 0.2) is 6.10 Å². The van der Waals surface area contributed by atoms with Crippen LogP contribution in [0.25, 0.3) is 0 Å². The van der Waals surface area contributed by atoms with Crippen LogP contribution in [0.1, 0.15) is 13.3 Å². The van der Waals surface area contributed by atoms with E-state index in [-0.39, 0.29) is 5.91 Å². The molecule has 2 rings (SSSR count). The lowest BCUT2D eigenvalue weighted by Crippen LogP contribution is -2.51. The van der Waals surface area contributed by atoms with Crippen LogP contribution in [0.2, 0.25) is 5.02 Å². The zero-order valence-corrected chi connectivity index (χ0v) is 12.8. The molecule has 6 heteroatoms. The second-order valence-electron chi connectivity index (χ2n) is 4.91. The molecular weight excluding hydrogens is 292 g/mol. The van der Waals surface area contributed by atoms with Crippen molar-refractivity contribution in [2.24, 2.45) is 0 Å². The molecule has 0 spiro atoms. The van der Waals surface area contributed by atoms with Gasteiger partial charge in [0.1, 0.15) is 5.75 Å². The van der Waals surface area contributed by atoms with Gasteiger partial charge in [-0.1, -0.05) is 30.7 Å². The van der Waals surface area contributed by atoms with E-state index in [0.29, 0.717) is 43.4 Å². The predicted octanol–water partition coefficient (Wildman–Crippen LogP) is 1.80. The minimum Gasteiger partial charge on any atom is -0.479 e. The number of hydrogen-bond acceptors (Lipinski definition) is 3. The molecule has 1 aromatic rings. The van der Waals surface area contributed by atoms with E-state index in [2.05, 4.69) is 0 Å². The molecule has 1 saturated heterocycles. The third kappa shape index (κ3) is 3.88. The molecular formula is C15H19ClN2O3. The highest BCUT2D eigenvalue weighted by Gasteiger charge is 2.27. The summed E-state index contributed by atoms with van der Waals surface area (Å²) in [7, 11) is 0. The number of carbonyl (C=O) groups excluding carboxylic acids is 2. The average molecular weight is 311 g/mol. The smallest absolute Gasteiger partial charge is 0.263 e. The molecule has 0 radical (unpaired) electrons. The molecule has 1 fully saturated rings. The number of hydrogen-bond donors (Lipinski definition) is 0. The molecule has 0 aromatic heterocycles. The molecule has 0 aliphatic carbocycles. The standard InChI is InChI=1S/C15H19ClN2O3/c1-2-13(21-14-6-4-3-5-12(14)16)15(20)18-9-7-17(11-19)8-10-18/h3-6,11,13H,2,7-10H2,1H3. The van der Waals surface area contributed by atoms with Crippen LogP contribution in [0, 0.1) is 0 Å². The third-order valence-corrected chi connectivity index (χ3v) is 3.84. The molecule has 1 unspecified atom stereocenters. The van der Waals surface area contributed by atoms with Gasteiger partial charge in [-0.3, -0.25) is 9.59 Å². The summed E-state index contributed by atoms with van der Waals surface area (Å²) in [6.45, 7) is 4.12. The molecule has 1 atom stereocenters. The van der Waals surface area contributed by atoms with Crippen molar-refractivity contribution in [2.45, 2.75) is 19.4 Å². The van der Waals surface area contributed by atoms with Crippen LogP contribution in [0.5, 0.6) is 5.75 Å². The first-order valence-electron chi connectivity index (χ1n) is 7.05. The molecule has 1 aromatic carbocycles. The first-order chi connectivity index (χ1) is 10.2. The van der Waals surface area contributed by atoms with Gasteiger partial charge in [-0.05, 0) is 18.6 Å². The van der Waals surface area contributed by atoms with Crippen LogP contribution in [-0.4, -0.2) is 54.4 Å². The second kappa shape index (κ2) is 7.31. The second-order valence-corrected chi connectivity index (χ2v) is 5.32. The maximum Gasteiger partial charge on any atom is 0.263 e. The largest absolute Gasteiger partial charge is 0.479 e. The van der Waals surface area contributed by atoms with Gasteiger partial charge in [0.2, 0.25) is 6.41 Å². The van der Waals surface area contributed by atoms with Gasteiger partial charge in [0.05, 0.1) is 5.02 Å². The molecule has 1 aliphatic rings. The minimum atomic E-state index is -0.548. The predicted molar refractivity (Wildman–Crippen MR) is 80.4 cm³/mol. The number of nitrogens with zero attached hydrogens (tertiary/aromatic N) is 2. The zero-order chi connectivity index (χ0) is 15.2. The van der Waals surface area contributed by atoms with E-state index in [0.717, 1.165) is 6.41 Å². The Bertz CT molecular complexity index is 501. The maximum atomic E-state index is 12.5. The lowest BCUT2D eigenvalue weighted by atomic mass is 10.2. The van der Waals surface area contributed by atoms with E-state index in [1.165, 1.54) is 0 Å². The van der Waals surface area contributed by atoms with Gasteiger partial charge < -0.3 is 14.5 Å². The molecule has 21 heavy (non-hydrogen) atoms. The number of amides is 2. The minimum absolute atomic E-state index is 0.0528. The summed E-state index contributed by atoms with van der Waals surface area (Å²) in [4.78, 5) is 26.6. The Morgan fingerprint density at radius 2 is 2.00 bits per heavy atom. The lowest BCUT2D eigenvalue weighted by Gasteiger charge is -2.34. The fourth-order valence-electron chi connectivity index (χ4n) is 2.25. The SMILES string of the molecule is CCC(Oc1ccccc1Cl)C(=O)N1CCN(C=O)CC1. The van der Waals surface area contributed by atoms with Crippen molar-refractivity contribution in [1.29, 1.82) is 0 Å². The highest BCUT2D eigenvalue weighted by molar-refractivity contribution is 6.32. The lowest BCUT2D eigenvalue weighted by molar-refractivity contribution is -0.142. The number of para-hydroxylation sites is 1. The average Bonchev–Trinajstić information content (AvgIpc) is 2.53. The molecule has 114 valence electrons. The Kier molecular flexibility index (Phi) is 5.44. The first-order valence-corrected chi connectivity index (χ1v) is 7.42. The molecule has 0 bridgehead atoms. The molecule has 2 amide bonds. The van der Waals surface area contributed by atoms with E-state index in [1.54, 1.807) is 21.9 Å². The maximum absolute atomic E-state index is 12.5. The summed E-state index contributed by atoms with van der Waals surface area (Å²) in [6.07, 6.45) is 0.838. The Morgan fingerprint density at radius 3 is 2.57 bits per heavy atom. The molecule has 1 aliphatic heterocycles. The number of carbonyl (C=O) groups is 2. The van der Waals surface area contributed by atoms with Crippen molar-refractivity contribution < 1.29 is 14.3 Å². The van der Waals surface area contributed by atoms with Crippen molar-refractivity contribution >= 4 is 23.9 Å². The fourth-order valence-corrected chi connectivity index (χ4v) is 2.43. The molecule has 1 heterocycles. The van der Waals surface area contributed by atoms with Crippen LogP contribution in [0.4, 0.5) is 0 Å². The van der Waals surface area contributed by atoms with Gasteiger partial charge in [-0.2, -0.15) is 0 Å². The first kappa shape index (κ1) is 15.6. The molecule has 5 nitrogen and oxygen atoms in total. The van der Waals surface area contributed by atoms with Gasteiger partial charge in [-0.25, -0.2) is 0 Å². The van der Waals surface area contributed by atoms with E-state index in [4.69, 9.17) is 16.3 Å². The summed E-state index contributed by atoms with van der Waals surface area (Å²) in [5.74, 6) is 0.467. The quantitative estimate of drug-likeness (QED) is 0.779. The van der Waals surface area contributed by atoms with Gasteiger partial charge in [0.25, 0.3) is 5.91 Å². The number of piperazine rings is 1. The van der Waals surface area contributed by atoms with Crippen LogP contribution < -0.4 is 4.74 Å². The Labute approximate surface area is 129 Å². The summed E-state index contributed by atoms with van der Waals surface area (Å²) >= 11 is 6.06. The fraction of sp³-hybridized carbons (Fsp3) is 0.467. The highest BCUT2D eigenvalue weighted by atomic mass is 35.5. The highest BCUT2D eigenvalue weighted by Crippen LogP contribution is 2.25. The Hall–Kier alpha value is -1.75. The Balaban J connectivity index is 1.99. The number of benzene rings is 1. The summed E-state index contributed by atoms with van der Waals surface area (Å²) < 4.78 is 5.76. The van der Waals surface area contributed by atoms with Crippen molar-refractivity contribution in [1.82, 2.24) is 9.80 Å². The van der Waals surface area contributed by atoms with Crippen molar-refractivity contribution in [2.75, 3.05) is 26.2 Å². The summed E-state index contributed by atoms with van der Waals surface area (Å²) in [5, 5.41) is 0.495.